The summed E-state index contributed by atoms with van der Waals surface area (Å²) in [5.74, 6) is 0.822. The number of rotatable bonds is 0. The van der Waals surface area contributed by atoms with Crippen LogP contribution in [0.2, 0.25) is 0 Å². The Labute approximate surface area is 54.0 Å². The van der Waals surface area contributed by atoms with E-state index in [1.54, 1.807) is 6.20 Å². The van der Waals surface area contributed by atoms with Gasteiger partial charge in [0, 0.05) is 10.7 Å². The highest BCUT2D eigenvalue weighted by Gasteiger charge is 2.17. The molecule has 1 heterocycles. The van der Waals surface area contributed by atoms with E-state index in [9.17, 15) is 0 Å². The predicted octanol–water partition coefficient (Wildman–Crippen LogP) is 1.37. The Kier molecular flexibility index (Phi) is 1.27. The fourth-order valence-corrected chi connectivity index (χ4v) is 0.498. The van der Waals surface area contributed by atoms with Gasteiger partial charge in [0.15, 0.2) is 5.76 Å². The van der Waals surface area contributed by atoms with E-state index in [1.807, 2.05) is 0 Å². The Morgan fingerprint density at radius 3 is 2.33 bits per heavy atom. The molecule has 1 aromatic heterocycles. The Bertz CT molecular complexity index is 173. The van der Waals surface area contributed by atoms with Crippen LogP contribution in [0, 0.1) is 0 Å². The van der Waals surface area contributed by atoms with Crippen LogP contribution in [0.1, 0.15) is 26.5 Å². The first-order valence-electron chi connectivity index (χ1n) is 2.88. The van der Waals surface area contributed by atoms with Crippen molar-refractivity contribution in [3.8, 4) is 0 Å². The molecule has 0 fully saturated rings. The van der Waals surface area contributed by atoms with E-state index >= 15 is 0 Å². The largest absolute Gasteiger partial charge is 0.342 e. The van der Waals surface area contributed by atoms with Gasteiger partial charge in [0.25, 0.3) is 0 Å². The molecule has 0 saturated heterocycles. The Morgan fingerprint density at radius 1 is 1.44 bits per heavy atom. The van der Waals surface area contributed by atoms with E-state index in [0.717, 1.165) is 5.76 Å². The molecule has 0 aliphatic carbocycles. The number of nitrogens with zero attached hydrogens (tertiary/aromatic N) is 2. The summed E-state index contributed by atoms with van der Waals surface area (Å²) in [5, 5.41) is 6.94. The fraction of sp³-hybridized carbons (Fsp3) is 0.667. The molecule has 0 N–H and O–H groups in total. The van der Waals surface area contributed by atoms with Crippen molar-refractivity contribution in [2.24, 2.45) is 0 Å². The highest BCUT2D eigenvalue weighted by molar-refractivity contribution is 5.01. The molecule has 0 aliphatic rings. The maximum atomic E-state index is 4.84. The first kappa shape index (κ1) is 6.26. The van der Waals surface area contributed by atoms with Crippen molar-refractivity contribution in [3.05, 3.63) is 12.0 Å². The molecule has 1 rings (SSSR count). The van der Waals surface area contributed by atoms with Crippen LogP contribution in [0.15, 0.2) is 10.7 Å². The van der Waals surface area contributed by atoms with Crippen molar-refractivity contribution in [2.75, 3.05) is 0 Å². The summed E-state index contributed by atoms with van der Waals surface area (Å²) >= 11 is 0. The molecule has 0 radical (unpaired) electrons. The van der Waals surface area contributed by atoms with E-state index in [-0.39, 0.29) is 5.41 Å². The molecule has 0 atom stereocenters. The quantitative estimate of drug-likeness (QED) is 0.527. The number of hydrogen-bond acceptors (Lipinski definition) is 3. The first-order chi connectivity index (χ1) is 4.11. The maximum absolute atomic E-state index is 4.84. The molecule has 0 aromatic carbocycles. The zero-order chi connectivity index (χ0) is 6.91. The van der Waals surface area contributed by atoms with E-state index in [0.29, 0.717) is 0 Å². The first-order valence-corrected chi connectivity index (χ1v) is 2.88. The van der Waals surface area contributed by atoms with Crippen molar-refractivity contribution in [2.45, 2.75) is 26.2 Å². The summed E-state index contributed by atoms with van der Waals surface area (Å²) in [6.07, 6.45) is 1.64. The second-order valence-electron chi connectivity index (χ2n) is 3.03. The van der Waals surface area contributed by atoms with Crippen molar-refractivity contribution in [3.63, 3.8) is 0 Å². The van der Waals surface area contributed by atoms with Crippen LogP contribution in [0.3, 0.4) is 0 Å². The van der Waals surface area contributed by atoms with Crippen LogP contribution < -0.4 is 0 Å². The third kappa shape index (κ3) is 1.28. The van der Waals surface area contributed by atoms with E-state index in [2.05, 4.69) is 31.1 Å². The van der Waals surface area contributed by atoms with E-state index in [4.69, 9.17) is 4.52 Å². The molecule has 1 aromatic rings. The van der Waals surface area contributed by atoms with E-state index < -0.39 is 0 Å². The minimum atomic E-state index is 0.0312. The molecule has 9 heavy (non-hydrogen) atoms. The molecule has 0 bridgehead atoms. The standard InChI is InChI=1S/C6H10N2O/c1-6(2,3)5-4-7-8-9-5/h4H,1-3H3. The van der Waals surface area contributed by atoms with Gasteiger partial charge < -0.3 is 4.52 Å². The van der Waals surface area contributed by atoms with Gasteiger partial charge in [-0.15, -0.1) is 5.10 Å². The van der Waals surface area contributed by atoms with Gasteiger partial charge >= 0.3 is 0 Å². The van der Waals surface area contributed by atoms with Crippen molar-refractivity contribution in [1.82, 2.24) is 10.4 Å². The highest BCUT2D eigenvalue weighted by Crippen LogP contribution is 2.19. The second kappa shape index (κ2) is 1.83. The lowest BCUT2D eigenvalue weighted by Gasteiger charge is -2.10. The Balaban J connectivity index is 2.90. The van der Waals surface area contributed by atoms with Crippen LogP contribution in [-0.4, -0.2) is 10.4 Å². The zero-order valence-corrected chi connectivity index (χ0v) is 5.88. The summed E-state index contributed by atoms with van der Waals surface area (Å²) in [5.41, 5.74) is 0.0312. The summed E-state index contributed by atoms with van der Waals surface area (Å²) in [6, 6.07) is 0. The topological polar surface area (TPSA) is 38.9 Å². The van der Waals surface area contributed by atoms with Crippen molar-refractivity contribution >= 4 is 0 Å². The van der Waals surface area contributed by atoms with Crippen molar-refractivity contribution < 1.29 is 4.52 Å². The molecule has 0 amide bonds. The molecule has 3 heteroatoms. The van der Waals surface area contributed by atoms with Crippen LogP contribution in [-0.2, 0) is 5.41 Å². The van der Waals surface area contributed by atoms with Gasteiger partial charge in [-0.1, -0.05) is 20.8 Å². The summed E-state index contributed by atoms with van der Waals surface area (Å²) in [7, 11) is 0. The SMILES string of the molecule is CC(C)(C)c1cnno1. The van der Waals surface area contributed by atoms with Gasteiger partial charge in [0.05, 0.1) is 6.20 Å². The average molecular weight is 126 g/mol. The Hall–Kier alpha value is -0.860. The second-order valence-corrected chi connectivity index (χ2v) is 3.03. The lowest BCUT2D eigenvalue weighted by Crippen LogP contribution is -2.09. The van der Waals surface area contributed by atoms with Gasteiger partial charge in [-0.05, 0) is 0 Å². The van der Waals surface area contributed by atoms with Crippen molar-refractivity contribution in [1.29, 1.82) is 0 Å². The highest BCUT2D eigenvalue weighted by atomic mass is 16.5. The molecular formula is C6H10N2O. The molecule has 50 valence electrons. The average Bonchev–Trinajstić information content (AvgIpc) is 2.08. The van der Waals surface area contributed by atoms with Crippen LogP contribution >= 0.6 is 0 Å². The normalized spacial score (nSPS) is 11.9. The van der Waals surface area contributed by atoms with E-state index in [1.165, 1.54) is 0 Å². The molecule has 0 unspecified atom stereocenters. The molecule has 0 aliphatic heterocycles. The monoisotopic (exact) mass is 126 g/mol. The minimum Gasteiger partial charge on any atom is -0.342 e. The fourth-order valence-electron chi connectivity index (χ4n) is 0.498. The van der Waals surface area contributed by atoms with Gasteiger partial charge in [0.1, 0.15) is 0 Å². The zero-order valence-electron chi connectivity index (χ0n) is 5.88. The molecule has 0 saturated carbocycles. The van der Waals surface area contributed by atoms with Crippen LogP contribution in [0.25, 0.3) is 0 Å². The third-order valence-corrected chi connectivity index (χ3v) is 1.10. The number of hydrogen-bond donors (Lipinski definition) is 0. The summed E-state index contributed by atoms with van der Waals surface area (Å²) in [6.45, 7) is 6.15. The maximum Gasteiger partial charge on any atom is 0.162 e. The van der Waals surface area contributed by atoms with Gasteiger partial charge in [-0.3, -0.25) is 0 Å². The van der Waals surface area contributed by atoms with Crippen LogP contribution in [0.5, 0.6) is 0 Å². The predicted molar refractivity (Wildman–Crippen MR) is 33.0 cm³/mol. The van der Waals surface area contributed by atoms with Crippen LogP contribution in [0.4, 0.5) is 0 Å². The third-order valence-electron chi connectivity index (χ3n) is 1.10. The van der Waals surface area contributed by atoms with Gasteiger partial charge in [0.2, 0.25) is 0 Å². The molecule has 0 spiro atoms. The van der Waals surface area contributed by atoms with Gasteiger partial charge in [-0.25, -0.2) is 0 Å². The molecular weight excluding hydrogens is 116 g/mol. The smallest absolute Gasteiger partial charge is 0.162 e. The summed E-state index contributed by atoms with van der Waals surface area (Å²) in [4.78, 5) is 0. The minimum absolute atomic E-state index is 0.0312. The summed E-state index contributed by atoms with van der Waals surface area (Å²) < 4.78 is 4.84. The Morgan fingerprint density at radius 2 is 2.11 bits per heavy atom. The lowest BCUT2D eigenvalue weighted by atomic mass is 9.94. The lowest BCUT2D eigenvalue weighted by molar-refractivity contribution is 0.316. The number of aromatic nitrogens is 2. The van der Waals surface area contributed by atoms with Gasteiger partial charge in [-0.2, -0.15) is 0 Å². The molecule has 3 nitrogen and oxygen atoms in total.